The van der Waals surface area contributed by atoms with Gasteiger partial charge in [0.15, 0.2) is 11.5 Å². The Hall–Kier alpha value is -3.73. The van der Waals surface area contributed by atoms with Gasteiger partial charge in [-0.2, -0.15) is 9.61 Å². The Labute approximate surface area is 321 Å². The number of carbonyl (C=O) groups excluding carboxylic acids is 1. The number of carbonyl (C=O) groups is 1. The van der Waals surface area contributed by atoms with Crippen LogP contribution in [0.25, 0.3) is 28.2 Å². The smallest absolute Gasteiger partial charge is 0.410 e. The average molecular weight is 776 g/mol. The van der Waals surface area contributed by atoms with E-state index in [9.17, 15) is 9.18 Å². The zero-order valence-electron chi connectivity index (χ0n) is 33.6. The maximum atomic E-state index is 14.6. The maximum Gasteiger partial charge on any atom is 0.410 e. The first-order valence-electron chi connectivity index (χ1n) is 19.3. The van der Waals surface area contributed by atoms with Crippen LogP contribution < -0.4 is 4.90 Å². The summed E-state index contributed by atoms with van der Waals surface area (Å²) in [5.74, 6) is 0.544. The third-order valence-corrected chi connectivity index (χ3v) is 13.5. The van der Waals surface area contributed by atoms with Gasteiger partial charge in [-0.3, -0.25) is 9.97 Å². The van der Waals surface area contributed by atoms with E-state index in [1.54, 1.807) is 24.5 Å². The van der Waals surface area contributed by atoms with Gasteiger partial charge in [-0.25, -0.2) is 14.2 Å². The number of pyridine rings is 2. The van der Waals surface area contributed by atoms with Crippen molar-refractivity contribution in [3.8, 4) is 22.5 Å². The number of hydrogen-bond donors (Lipinski definition) is 0. The van der Waals surface area contributed by atoms with Crippen molar-refractivity contribution in [3.05, 3.63) is 60.4 Å². The number of fused-ring (bicyclic) bond motifs is 3. The molecule has 11 nitrogen and oxygen atoms in total. The summed E-state index contributed by atoms with van der Waals surface area (Å²) >= 11 is 0. The summed E-state index contributed by atoms with van der Waals surface area (Å²) in [6, 6.07) is 11.1. The standard InChI is InChI=1S/C40H58FN7O4Si2/c1-40(2,3)52-39(49)47-30-13-14-31(47)22-29(21-30)35-23-36(46(26-50-17-19-53(4,5)6)27-51-18-20-54(7,8)9)48-38(45-35)32(25-44-48)28-12-15-34(43-24-28)37-33(41)11-10-16-42-37/h10-12,15-16,23-25,29-31H,13-14,17-22,26-27H2,1-9H3/t29-,30-,31+. The lowest BCUT2D eigenvalue weighted by Gasteiger charge is -2.39. The van der Waals surface area contributed by atoms with Crippen molar-refractivity contribution in [2.75, 3.05) is 31.6 Å². The van der Waals surface area contributed by atoms with Crippen molar-refractivity contribution in [1.29, 1.82) is 0 Å². The van der Waals surface area contributed by atoms with Gasteiger partial charge >= 0.3 is 6.09 Å². The van der Waals surface area contributed by atoms with Gasteiger partial charge in [0.05, 0.1) is 11.9 Å². The van der Waals surface area contributed by atoms with Crippen molar-refractivity contribution in [2.24, 2.45) is 0 Å². The van der Waals surface area contributed by atoms with Crippen LogP contribution in [0.1, 0.15) is 58.1 Å². The molecule has 6 rings (SSSR count). The average Bonchev–Trinajstić information content (AvgIpc) is 3.63. The lowest BCUT2D eigenvalue weighted by atomic mass is 9.88. The van der Waals surface area contributed by atoms with Gasteiger partial charge in [0.25, 0.3) is 0 Å². The summed E-state index contributed by atoms with van der Waals surface area (Å²) < 4.78 is 35.0. The van der Waals surface area contributed by atoms with Crippen LogP contribution in [0.2, 0.25) is 51.4 Å². The molecule has 0 saturated carbocycles. The number of piperidine rings is 1. The quantitative estimate of drug-likeness (QED) is 0.0705. The Morgan fingerprint density at radius 1 is 0.926 bits per heavy atom. The number of amides is 1. The molecule has 2 aliphatic rings. The molecular weight excluding hydrogens is 718 g/mol. The minimum atomic E-state index is -1.30. The van der Waals surface area contributed by atoms with Crippen LogP contribution in [0, 0.1) is 5.82 Å². The van der Waals surface area contributed by atoms with Gasteiger partial charge in [-0.05, 0) is 76.7 Å². The lowest BCUT2D eigenvalue weighted by Crippen LogP contribution is -2.48. The number of ether oxygens (including phenoxy) is 3. The Balaban J connectivity index is 1.37. The Morgan fingerprint density at radius 2 is 1.57 bits per heavy atom. The van der Waals surface area contributed by atoms with E-state index in [-0.39, 0.29) is 29.8 Å². The molecule has 2 bridgehead atoms. The molecule has 4 aromatic rings. The molecule has 2 fully saturated rings. The first kappa shape index (κ1) is 40.0. The predicted octanol–water partition coefficient (Wildman–Crippen LogP) is 9.07. The highest BCUT2D eigenvalue weighted by Crippen LogP contribution is 2.44. The molecule has 54 heavy (non-hydrogen) atoms. The molecule has 0 aliphatic carbocycles. The van der Waals surface area contributed by atoms with Gasteiger partial charge < -0.3 is 24.0 Å². The van der Waals surface area contributed by atoms with E-state index in [1.807, 2.05) is 42.4 Å². The molecule has 0 N–H and O–H groups in total. The lowest BCUT2D eigenvalue weighted by molar-refractivity contribution is 0.00568. The monoisotopic (exact) mass is 775 g/mol. The number of nitrogens with zero attached hydrogens (tertiary/aromatic N) is 7. The highest BCUT2D eigenvalue weighted by Gasteiger charge is 2.45. The van der Waals surface area contributed by atoms with Crippen LogP contribution in [0.3, 0.4) is 0 Å². The van der Waals surface area contributed by atoms with E-state index in [0.717, 1.165) is 60.4 Å². The van der Waals surface area contributed by atoms with E-state index in [1.165, 1.54) is 6.07 Å². The van der Waals surface area contributed by atoms with Gasteiger partial charge in [0, 0.05) is 82.6 Å². The van der Waals surface area contributed by atoms with Crippen LogP contribution in [-0.4, -0.2) is 96.1 Å². The maximum absolute atomic E-state index is 14.6. The first-order valence-corrected chi connectivity index (χ1v) is 26.7. The highest BCUT2D eigenvalue weighted by atomic mass is 28.3. The van der Waals surface area contributed by atoms with E-state index in [2.05, 4.69) is 60.2 Å². The normalized spacial score (nSPS) is 19.1. The minimum absolute atomic E-state index is 0.0871. The zero-order chi connectivity index (χ0) is 38.8. The van der Waals surface area contributed by atoms with Crippen molar-refractivity contribution in [2.45, 2.75) is 121 Å². The van der Waals surface area contributed by atoms with E-state index in [4.69, 9.17) is 24.3 Å². The molecule has 0 spiro atoms. The third kappa shape index (κ3) is 9.92. The van der Waals surface area contributed by atoms with Gasteiger partial charge in [-0.15, -0.1) is 0 Å². The van der Waals surface area contributed by atoms with Crippen LogP contribution >= 0.6 is 0 Å². The molecular formula is C40H58FN7O4Si2. The van der Waals surface area contributed by atoms with Crippen LogP contribution in [-0.2, 0) is 14.2 Å². The predicted molar refractivity (Wildman–Crippen MR) is 217 cm³/mol. The molecule has 14 heteroatoms. The largest absolute Gasteiger partial charge is 0.444 e. The summed E-state index contributed by atoms with van der Waals surface area (Å²) in [5, 5.41) is 4.89. The Morgan fingerprint density at radius 3 is 2.13 bits per heavy atom. The van der Waals surface area contributed by atoms with Crippen LogP contribution in [0.5, 0.6) is 0 Å². The topological polar surface area (TPSA) is 107 Å². The third-order valence-electron chi connectivity index (χ3n) is 10.1. The summed E-state index contributed by atoms with van der Waals surface area (Å²) in [5.41, 5.74) is 3.37. The van der Waals surface area contributed by atoms with Gasteiger partial charge in [0.1, 0.15) is 30.6 Å². The molecule has 1 amide bonds. The second-order valence-electron chi connectivity index (χ2n) is 18.3. The van der Waals surface area contributed by atoms with Gasteiger partial charge in [-0.1, -0.05) is 45.3 Å². The molecule has 3 atom stereocenters. The van der Waals surface area contributed by atoms with Crippen molar-refractivity contribution in [3.63, 3.8) is 0 Å². The number of halogens is 1. The number of aromatic nitrogens is 5. The Bertz CT molecular complexity index is 1870. The molecule has 4 aromatic heterocycles. The fraction of sp³-hybridized carbons (Fsp3) is 0.575. The number of rotatable bonds is 14. The van der Waals surface area contributed by atoms with Crippen molar-refractivity contribution < 1.29 is 23.4 Å². The minimum Gasteiger partial charge on any atom is -0.444 e. The summed E-state index contributed by atoms with van der Waals surface area (Å²) in [7, 11) is -2.60. The number of anilines is 1. The molecule has 2 aliphatic heterocycles. The SMILES string of the molecule is CC(C)(C)OC(=O)N1[C@@H]2CC[C@H]1C[C@H](c1cc(N(COCC[Si](C)(C)C)COCC[Si](C)(C)C)n3ncc(-c4ccc(-c5ncccc5F)nc4)c3n1)C2. The summed E-state index contributed by atoms with van der Waals surface area (Å²) in [6.07, 6.45) is 8.37. The molecule has 0 unspecified atom stereocenters. The van der Waals surface area contributed by atoms with Crippen molar-refractivity contribution >= 4 is 33.7 Å². The molecule has 0 aromatic carbocycles. The first-order chi connectivity index (χ1) is 25.5. The van der Waals surface area contributed by atoms with Gasteiger partial charge in [0.2, 0.25) is 0 Å². The van der Waals surface area contributed by atoms with Crippen LogP contribution in [0.4, 0.5) is 15.0 Å². The summed E-state index contributed by atoms with van der Waals surface area (Å²) in [6.45, 7) is 21.9. The second kappa shape index (κ2) is 16.2. The fourth-order valence-corrected chi connectivity index (χ4v) is 8.69. The zero-order valence-corrected chi connectivity index (χ0v) is 35.6. The van der Waals surface area contributed by atoms with Crippen molar-refractivity contribution in [1.82, 2.24) is 29.5 Å². The van der Waals surface area contributed by atoms with Crippen LogP contribution in [0.15, 0.2) is 48.9 Å². The van der Waals surface area contributed by atoms with E-state index in [0.29, 0.717) is 38.0 Å². The van der Waals surface area contributed by atoms with E-state index >= 15 is 0 Å². The molecule has 0 radical (unpaired) electrons. The Kier molecular flexibility index (Phi) is 12.0. The second-order valence-corrected chi connectivity index (χ2v) is 29.5. The van der Waals surface area contributed by atoms with E-state index < -0.39 is 27.6 Å². The fourth-order valence-electron chi connectivity index (χ4n) is 7.18. The highest BCUT2D eigenvalue weighted by molar-refractivity contribution is 6.76. The molecule has 292 valence electrons. The molecule has 6 heterocycles. The molecule has 2 saturated heterocycles. The number of hydrogen-bond acceptors (Lipinski definition) is 9. The summed E-state index contributed by atoms with van der Waals surface area (Å²) in [4.78, 5) is 31.6.